The van der Waals surface area contributed by atoms with Crippen LogP contribution in [0.4, 0.5) is 0 Å². The Morgan fingerprint density at radius 1 is 1.15 bits per heavy atom. The lowest BCUT2D eigenvalue weighted by Crippen LogP contribution is -2.37. The van der Waals surface area contributed by atoms with Gasteiger partial charge in [-0.25, -0.2) is 0 Å². The first-order valence-corrected chi connectivity index (χ1v) is 7.87. The molecule has 0 saturated carbocycles. The number of piperidine rings is 1. The van der Waals surface area contributed by atoms with Crippen LogP contribution < -0.4 is 0 Å². The zero-order chi connectivity index (χ0) is 13.8. The van der Waals surface area contributed by atoms with Gasteiger partial charge in [0.15, 0.2) is 6.29 Å². The Bertz CT molecular complexity index is 403. The minimum atomic E-state index is -0.0906. The van der Waals surface area contributed by atoms with Crippen molar-refractivity contribution in [3.63, 3.8) is 0 Å². The second kappa shape index (κ2) is 6.70. The van der Waals surface area contributed by atoms with Gasteiger partial charge in [0.1, 0.15) is 0 Å². The molecule has 2 saturated heterocycles. The highest BCUT2D eigenvalue weighted by atomic mass is 16.7. The van der Waals surface area contributed by atoms with E-state index in [1.807, 2.05) is 6.07 Å². The van der Waals surface area contributed by atoms with Gasteiger partial charge in [0.2, 0.25) is 0 Å². The molecule has 110 valence electrons. The normalized spacial score (nSPS) is 29.4. The van der Waals surface area contributed by atoms with Gasteiger partial charge in [-0.2, -0.15) is 0 Å². The lowest BCUT2D eigenvalue weighted by atomic mass is 10.0. The van der Waals surface area contributed by atoms with Crippen LogP contribution in [0.25, 0.3) is 0 Å². The Morgan fingerprint density at radius 2 is 1.90 bits per heavy atom. The molecule has 2 aliphatic heterocycles. The Kier molecular flexibility index (Phi) is 4.71. The highest BCUT2D eigenvalue weighted by molar-refractivity contribution is 5.19. The van der Waals surface area contributed by atoms with Crippen LogP contribution in [0.2, 0.25) is 0 Å². The van der Waals surface area contributed by atoms with Crippen molar-refractivity contribution in [2.24, 2.45) is 0 Å². The van der Waals surface area contributed by atoms with Crippen molar-refractivity contribution in [3.8, 4) is 0 Å². The van der Waals surface area contributed by atoms with Gasteiger partial charge in [-0.15, -0.1) is 0 Å². The fraction of sp³-hybridized carbons (Fsp3) is 0.647. The predicted molar refractivity (Wildman–Crippen MR) is 79.8 cm³/mol. The van der Waals surface area contributed by atoms with Crippen LogP contribution in [-0.2, 0) is 9.47 Å². The van der Waals surface area contributed by atoms with Crippen LogP contribution in [0, 0.1) is 0 Å². The van der Waals surface area contributed by atoms with E-state index in [-0.39, 0.29) is 12.4 Å². The zero-order valence-corrected chi connectivity index (χ0v) is 12.3. The molecular weight excluding hydrogens is 250 g/mol. The van der Waals surface area contributed by atoms with E-state index < -0.39 is 0 Å². The quantitative estimate of drug-likeness (QED) is 0.843. The second-order valence-corrected chi connectivity index (χ2v) is 6.02. The Hall–Kier alpha value is -0.900. The molecule has 2 aliphatic rings. The number of likely N-dealkylation sites (tertiary alicyclic amines) is 1. The SMILES string of the molecule is C[C@H](c1ccccc1)[C@@H]1OC[C@@H](CN2CCCCC2)O1. The molecule has 0 amide bonds. The summed E-state index contributed by atoms with van der Waals surface area (Å²) in [6.07, 6.45) is 4.19. The smallest absolute Gasteiger partial charge is 0.164 e. The molecule has 3 nitrogen and oxygen atoms in total. The third-order valence-corrected chi connectivity index (χ3v) is 4.42. The Labute approximate surface area is 121 Å². The standard InChI is InChI=1S/C17H25NO2/c1-14(15-8-4-2-5-9-15)17-19-13-16(20-17)12-18-10-6-3-7-11-18/h2,4-5,8-9,14,16-17H,3,6-7,10-13H2,1H3/t14-,16-,17-/m1/s1. The Balaban J connectivity index is 1.51. The van der Waals surface area contributed by atoms with Crippen molar-refractivity contribution in [1.82, 2.24) is 4.90 Å². The van der Waals surface area contributed by atoms with Gasteiger partial charge in [0.25, 0.3) is 0 Å². The van der Waals surface area contributed by atoms with Crippen LogP contribution in [0.15, 0.2) is 30.3 Å². The molecule has 2 fully saturated rings. The molecule has 20 heavy (non-hydrogen) atoms. The van der Waals surface area contributed by atoms with E-state index in [0.29, 0.717) is 5.92 Å². The molecule has 0 unspecified atom stereocenters. The summed E-state index contributed by atoms with van der Waals surface area (Å²) in [5, 5.41) is 0. The van der Waals surface area contributed by atoms with E-state index in [2.05, 4.69) is 36.1 Å². The van der Waals surface area contributed by atoms with Crippen molar-refractivity contribution < 1.29 is 9.47 Å². The summed E-state index contributed by atoms with van der Waals surface area (Å²) in [5.41, 5.74) is 1.29. The van der Waals surface area contributed by atoms with E-state index in [1.54, 1.807) is 0 Å². The molecule has 0 aromatic heterocycles. The van der Waals surface area contributed by atoms with Gasteiger partial charge in [-0.05, 0) is 31.5 Å². The van der Waals surface area contributed by atoms with Crippen LogP contribution in [0.3, 0.4) is 0 Å². The van der Waals surface area contributed by atoms with Gasteiger partial charge in [-0.1, -0.05) is 43.7 Å². The van der Waals surface area contributed by atoms with Crippen molar-refractivity contribution in [3.05, 3.63) is 35.9 Å². The molecule has 0 N–H and O–H groups in total. The van der Waals surface area contributed by atoms with Crippen molar-refractivity contribution in [2.75, 3.05) is 26.2 Å². The minimum absolute atomic E-state index is 0.0906. The van der Waals surface area contributed by atoms with Crippen molar-refractivity contribution in [1.29, 1.82) is 0 Å². The molecule has 3 heteroatoms. The minimum Gasteiger partial charge on any atom is -0.349 e. The highest BCUT2D eigenvalue weighted by Crippen LogP contribution is 2.27. The lowest BCUT2D eigenvalue weighted by molar-refractivity contribution is -0.0758. The first kappa shape index (κ1) is 14.1. The summed E-state index contributed by atoms with van der Waals surface area (Å²) in [4.78, 5) is 2.52. The highest BCUT2D eigenvalue weighted by Gasteiger charge is 2.32. The van der Waals surface area contributed by atoms with Crippen LogP contribution in [0.5, 0.6) is 0 Å². The molecule has 3 rings (SSSR count). The molecule has 0 radical (unpaired) electrons. The van der Waals surface area contributed by atoms with Gasteiger partial charge in [0.05, 0.1) is 12.7 Å². The molecular formula is C17H25NO2. The topological polar surface area (TPSA) is 21.7 Å². The summed E-state index contributed by atoms with van der Waals surface area (Å²) < 4.78 is 12.0. The predicted octanol–water partition coefficient (Wildman–Crippen LogP) is 3.02. The van der Waals surface area contributed by atoms with Gasteiger partial charge in [0, 0.05) is 12.5 Å². The van der Waals surface area contributed by atoms with Crippen molar-refractivity contribution >= 4 is 0 Å². The molecule has 0 aliphatic carbocycles. The first-order valence-electron chi connectivity index (χ1n) is 7.87. The number of ether oxygens (including phenoxy) is 2. The summed E-state index contributed by atoms with van der Waals surface area (Å²) in [7, 11) is 0. The van der Waals surface area contributed by atoms with Gasteiger partial charge < -0.3 is 14.4 Å². The number of nitrogens with zero attached hydrogens (tertiary/aromatic N) is 1. The van der Waals surface area contributed by atoms with E-state index in [0.717, 1.165) is 13.2 Å². The van der Waals surface area contributed by atoms with E-state index in [1.165, 1.54) is 37.9 Å². The Morgan fingerprint density at radius 3 is 2.65 bits per heavy atom. The van der Waals surface area contributed by atoms with Gasteiger partial charge >= 0.3 is 0 Å². The summed E-state index contributed by atoms with van der Waals surface area (Å²) >= 11 is 0. The average molecular weight is 275 g/mol. The fourth-order valence-corrected chi connectivity index (χ4v) is 3.17. The maximum absolute atomic E-state index is 6.12. The van der Waals surface area contributed by atoms with Gasteiger partial charge in [-0.3, -0.25) is 0 Å². The van der Waals surface area contributed by atoms with Crippen LogP contribution >= 0.6 is 0 Å². The van der Waals surface area contributed by atoms with E-state index in [9.17, 15) is 0 Å². The molecule has 0 bridgehead atoms. The largest absolute Gasteiger partial charge is 0.349 e. The van der Waals surface area contributed by atoms with E-state index in [4.69, 9.17) is 9.47 Å². The maximum Gasteiger partial charge on any atom is 0.164 e. The third-order valence-electron chi connectivity index (χ3n) is 4.42. The average Bonchev–Trinajstić information content (AvgIpc) is 2.97. The number of rotatable bonds is 4. The van der Waals surface area contributed by atoms with E-state index >= 15 is 0 Å². The number of benzene rings is 1. The molecule has 1 aromatic rings. The number of hydrogen-bond donors (Lipinski definition) is 0. The monoisotopic (exact) mass is 275 g/mol. The molecule has 2 heterocycles. The van der Waals surface area contributed by atoms with Crippen LogP contribution in [-0.4, -0.2) is 43.5 Å². The fourth-order valence-electron chi connectivity index (χ4n) is 3.17. The first-order chi connectivity index (χ1) is 9.83. The zero-order valence-electron chi connectivity index (χ0n) is 12.3. The maximum atomic E-state index is 6.12. The molecule has 0 spiro atoms. The van der Waals surface area contributed by atoms with Crippen LogP contribution in [0.1, 0.15) is 37.7 Å². The number of hydrogen-bond acceptors (Lipinski definition) is 3. The third kappa shape index (κ3) is 3.40. The summed E-state index contributed by atoms with van der Waals surface area (Å²) in [6.45, 7) is 6.39. The second-order valence-electron chi connectivity index (χ2n) is 6.02. The lowest BCUT2D eigenvalue weighted by Gasteiger charge is -2.28. The molecule has 1 aromatic carbocycles. The van der Waals surface area contributed by atoms with Crippen molar-refractivity contribution in [2.45, 2.75) is 44.5 Å². The molecule has 3 atom stereocenters. The summed E-state index contributed by atoms with van der Waals surface area (Å²) in [6, 6.07) is 10.5. The summed E-state index contributed by atoms with van der Waals surface area (Å²) in [5.74, 6) is 0.294.